The van der Waals surface area contributed by atoms with Crippen LogP contribution in [0, 0.1) is 6.92 Å². The summed E-state index contributed by atoms with van der Waals surface area (Å²) in [6.45, 7) is 2.54. The van der Waals surface area contributed by atoms with Gasteiger partial charge in [0.25, 0.3) is 5.56 Å². The van der Waals surface area contributed by atoms with Crippen molar-refractivity contribution < 1.29 is 4.79 Å². The largest absolute Gasteiger partial charge is 0.351 e. The van der Waals surface area contributed by atoms with Crippen molar-refractivity contribution in [3.8, 4) is 0 Å². The van der Waals surface area contributed by atoms with Crippen molar-refractivity contribution >= 4 is 39.2 Å². The lowest BCUT2D eigenvalue weighted by molar-refractivity contribution is -0.118. The second kappa shape index (κ2) is 7.25. The number of benzene rings is 1. The molecule has 7 heteroatoms. The van der Waals surface area contributed by atoms with Crippen molar-refractivity contribution in [3.05, 3.63) is 57.2 Å². The maximum absolute atomic E-state index is 12.7. The highest BCUT2D eigenvalue weighted by Crippen LogP contribution is 2.37. The zero-order chi connectivity index (χ0) is 18.1. The zero-order valence-electron chi connectivity index (χ0n) is 14.4. The number of carbonyl (C=O) groups is 1. The van der Waals surface area contributed by atoms with E-state index in [0.29, 0.717) is 16.4 Å². The van der Waals surface area contributed by atoms with Gasteiger partial charge in [0.1, 0.15) is 4.70 Å². The number of hydrogen-bond donors (Lipinski definition) is 1. The molecule has 1 aliphatic carbocycles. The molecule has 0 saturated heterocycles. The van der Waals surface area contributed by atoms with Gasteiger partial charge in [-0.2, -0.15) is 0 Å². The average molecular weight is 386 g/mol. The van der Waals surface area contributed by atoms with E-state index >= 15 is 0 Å². The number of aryl methyl sites for hydroxylation is 1. The number of fused-ring (bicyclic) bond motifs is 1. The standard InChI is InChI=1S/C19H19N3O2S2/c1-12-2-4-13(5-3-12)10-20-16(23)11-26-19-21-15-8-9-25-17(15)18(24)22(19)14-6-7-14/h2-5,8-9,14H,6-7,10-11H2,1H3,(H,20,23). The molecular formula is C19H19N3O2S2. The van der Waals surface area contributed by atoms with Crippen LogP contribution in [0.5, 0.6) is 0 Å². The van der Waals surface area contributed by atoms with Gasteiger partial charge in [-0.1, -0.05) is 41.6 Å². The Morgan fingerprint density at radius 3 is 2.81 bits per heavy atom. The van der Waals surface area contributed by atoms with Crippen molar-refractivity contribution in [1.29, 1.82) is 0 Å². The van der Waals surface area contributed by atoms with Gasteiger partial charge in [-0.05, 0) is 36.8 Å². The lowest BCUT2D eigenvalue weighted by Gasteiger charge is -2.11. The number of nitrogens with one attached hydrogen (secondary N) is 1. The minimum atomic E-state index is -0.0578. The molecule has 1 aromatic carbocycles. The SMILES string of the molecule is Cc1ccc(CNC(=O)CSc2nc3ccsc3c(=O)n2C2CC2)cc1. The molecule has 4 rings (SSSR count). The number of carbonyl (C=O) groups excluding carboxylic acids is 1. The van der Waals surface area contributed by atoms with E-state index < -0.39 is 0 Å². The Morgan fingerprint density at radius 2 is 2.08 bits per heavy atom. The Balaban J connectivity index is 1.44. The summed E-state index contributed by atoms with van der Waals surface area (Å²) in [6.07, 6.45) is 2.01. The Labute approximate surface area is 159 Å². The van der Waals surface area contributed by atoms with E-state index in [4.69, 9.17) is 0 Å². The van der Waals surface area contributed by atoms with Crippen LogP contribution < -0.4 is 10.9 Å². The Hall–Kier alpha value is -2.12. The predicted octanol–water partition coefficient (Wildman–Crippen LogP) is 3.51. The molecule has 0 radical (unpaired) electrons. The molecular weight excluding hydrogens is 366 g/mol. The van der Waals surface area contributed by atoms with E-state index in [1.165, 1.54) is 28.7 Å². The van der Waals surface area contributed by atoms with Crippen LogP contribution >= 0.6 is 23.1 Å². The van der Waals surface area contributed by atoms with Gasteiger partial charge in [-0.15, -0.1) is 11.3 Å². The van der Waals surface area contributed by atoms with Gasteiger partial charge in [0.2, 0.25) is 5.91 Å². The summed E-state index contributed by atoms with van der Waals surface area (Å²) in [6, 6.07) is 10.2. The van der Waals surface area contributed by atoms with Crippen molar-refractivity contribution in [3.63, 3.8) is 0 Å². The number of rotatable bonds is 6. The molecule has 0 aliphatic heterocycles. The van der Waals surface area contributed by atoms with E-state index in [-0.39, 0.29) is 23.3 Å². The number of nitrogens with zero attached hydrogens (tertiary/aromatic N) is 2. The molecule has 0 spiro atoms. The van der Waals surface area contributed by atoms with Crippen LogP contribution in [0.2, 0.25) is 0 Å². The summed E-state index contributed by atoms with van der Waals surface area (Å²) >= 11 is 2.77. The second-order valence-electron chi connectivity index (χ2n) is 6.49. The molecule has 1 aliphatic rings. The van der Waals surface area contributed by atoms with Crippen molar-refractivity contribution in [1.82, 2.24) is 14.9 Å². The number of thioether (sulfide) groups is 1. The lowest BCUT2D eigenvalue weighted by Crippen LogP contribution is -2.26. The summed E-state index contributed by atoms with van der Waals surface area (Å²) in [5, 5.41) is 5.46. The van der Waals surface area contributed by atoms with Crippen LogP contribution in [-0.2, 0) is 11.3 Å². The topological polar surface area (TPSA) is 64.0 Å². The average Bonchev–Trinajstić information content (AvgIpc) is 3.35. The highest BCUT2D eigenvalue weighted by Gasteiger charge is 2.29. The maximum atomic E-state index is 12.7. The minimum Gasteiger partial charge on any atom is -0.351 e. The molecule has 0 bridgehead atoms. The fraction of sp³-hybridized carbons (Fsp3) is 0.316. The van der Waals surface area contributed by atoms with Gasteiger partial charge >= 0.3 is 0 Å². The zero-order valence-corrected chi connectivity index (χ0v) is 16.0. The second-order valence-corrected chi connectivity index (χ2v) is 8.35. The monoisotopic (exact) mass is 385 g/mol. The van der Waals surface area contributed by atoms with Crippen molar-refractivity contribution in [2.45, 2.75) is 37.5 Å². The summed E-state index contributed by atoms with van der Waals surface area (Å²) in [5.41, 5.74) is 3.01. The third-order valence-corrected chi connectivity index (χ3v) is 6.18. The molecule has 5 nitrogen and oxygen atoms in total. The number of thiophene rings is 1. The first kappa shape index (κ1) is 17.3. The van der Waals surface area contributed by atoms with E-state index in [2.05, 4.69) is 10.3 Å². The molecule has 134 valence electrons. The summed E-state index contributed by atoms with van der Waals surface area (Å²) < 4.78 is 2.47. The van der Waals surface area contributed by atoms with Crippen LogP contribution in [0.25, 0.3) is 10.2 Å². The van der Waals surface area contributed by atoms with E-state index in [9.17, 15) is 9.59 Å². The van der Waals surface area contributed by atoms with Crippen LogP contribution in [0.4, 0.5) is 0 Å². The molecule has 2 heterocycles. The van der Waals surface area contributed by atoms with Gasteiger partial charge < -0.3 is 5.32 Å². The smallest absolute Gasteiger partial charge is 0.272 e. The Kier molecular flexibility index (Phi) is 4.82. The number of aromatic nitrogens is 2. The van der Waals surface area contributed by atoms with Gasteiger partial charge in [-0.3, -0.25) is 14.2 Å². The molecule has 2 aromatic heterocycles. The molecule has 1 saturated carbocycles. The molecule has 26 heavy (non-hydrogen) atoms. The molecule has 0 unspecified atom stereocenters. The van der Waals surface area contributed by atoms with Gasteiger partial charge in [0.05, 0.1) is 11.3 Å². The highest BCUT2D eigenvalue weighted by atomic mass is 32.2. The van der Waals surface area contributed by atoms with E-state index in [1.54, 1.807) is 4.57 Å². The molecule has 1 fully saturated rings. The van der Waals surface area contributed by atoms with Crippen LogP contribution in [0.1, 0.15) is 30.0 Å². The number of amides is 1. The first-order chi connectivity index (χ1) is 12.6. The van der Waals surface area contributed by atoms with Crippen molar-refractivity contribution in [2.24, 2.45) is 0 Å². The molecule has 0 atom stereocenters. The highest BCUT2D eigenvalue weighted by molar-refractivity contribution is 7.99. The third-order valence-electron chi connectivity index (χ3n) is 4.33. The summed E-state index contributed by atoms with van der Waals surface area (Å²) in [5.74, 6) is 0.193. The van der Waals surface area contributed by atoms with Crippen LogP contribution in [-0.4, -0.2) is 21.2 Å². The van der Waals surface area contributed by atoms with Gasteiger partial charge in [-0.25, -0.2) is 4.98 Å². The molecule has 1 N–H and O–H groups in total. The normalized spacial score (nSPS) is 13.9. The third kappa shape index (κ3) is 3.68. The quantitative estimate of drug-likeness (QED) is 0.521. The minimum absolute atomic E-state index is 0.0232. The van der Waals surface area contributed by atoms with Crippen LogP contribution in [0.15, 0.2) is 45.7 Å². The Morgan fingerprint density at radius 1 is 1.31 bits per heavy atom. The van der Waals surface area contributed by atoms with E-state index in [0.717, 1.165) is 23.9 Å². The van der Waals surface area contributed by atoms with Crippen molar-refractivity contribution in [2.75, 3.05) is 5.75 Å². The maximum Gasteiger partial charge on any atom is 0.272 e. The van der Waals surface area contributed by atoms with Crippen LogP contribution in [0.3, 0.4) is 0 Å². The van der Waals surface area contributed by atoms with Gasteiger partial charge in [0.15, 0.2) is 5.16 Å². The first-order valence-electron chi connectivity index (χ1n) is 8.56. The molecule has 1 amide bonds. The predicted molar refractivity (Wildman–Crippen MR) is 106 cm³/mol. The summed E-state index contributed by atoms with van der Waals surface area (Å²) in [7, 11) is 0. The van der Waals surface area contributed by atoms with Gasteiger partial charge in [0, 0.05) is 12.6 Å². The first-order valence-corrected chi connectivity index (χ1v) is 10.4. The fourth-order valence-corrected chi connectivity index (χ4v) is 4.41. The summed E-state index contributed by atoms with van der Waals surface area (Å²) in [4.78, 5) is 29.5. The Bertz CT molecular complexity index is 1000. The lowest BCUT2D eigenvalue weighted by atomic mass is 10.1. The number of hydrogen-bond acceptors (Lipinski definition) is 5. The fourth-order valence-electron chi connectivity index (χ4n) is 2.75. The molecule has 3 aromatic rings. The van der Waals surface area contributed by atoms with E-state index in [1.807, 2.05) is 42.6 Å².